The van der Waals surface area contributed by atoms with Crippen LogP contribution in [0.2, 0.25) is 0 Å². The van der Waals surface area contributed by atoms with Crippen LogP contribution in [0.3, 0.4) is 0 Å². The lowest BCUT2D eigenvalue weighted by Crippen LogP contribution is -2.38. The molecule has 0 saturated carbocycles. The normalized spacial score (nSPS) is 14.7. The molecule has 0 aromatic heterocycles. The Labute approximate surface area is 202 Å². The summed E-state index contributed by atoms with van der Waals surface area (Å²) in [6.45, 7) is 5.35. The number of rotatable bonds is 8. The zero-order chi connectivity index (χ0) is 24.3. The molecule has 1 heterocycles. The fourth-order valence-electron chi connectivity index (χ4n) is 3.74. The van der Waals surface area contributed by atoms with E-state index in [1.54, 1.807) is 19.3 Å². The summed E-state index contributed by atoms with van der Waals surface area (Å²) in [4.78, 5) is 27.9. The van der Waals surface area contributed by atoms with Crippen molar-refractivity contribution in [3.63, 3.8) is 0 Å². The summed E-state index contributed by atoms with van der Waals surface area (Å²) in [5.74, 6) is 0.999. The second-order valence-corrected chi connectivity index (χ2v) is 8.60. The number of amides is 2. The second-order valence-electron chi connectivity index (χ2n) is 8.60. The van der Waals surface area contributed by atoms with E-state index in [2.05, 4.69) is 5.32 Å². The molecule has 0 radical (unpaired) electrons. The molecular formula is C28H34N2O4. The Bertz CT molecular complexity index is 1000. The van der Waals surface area contributed by atoms with Crippen molar-refractivity contribution in [3.05, 3.63) is 71.4 Å². The molecule has 1 N–H and O–H groups in total. The molecule has 1 aliphatic heterocycles. The maximum atomic E-state index is 13.3. The molecule has 0 bridgehead atoms. The van der Waals surface area contributed by atoms with Crippen LogP contribution in [-0.4, -0.2) is 43.0 Å². The van der Waals surface area contributed by atoms with Crippen molar-refractivity contribution in [3.8, 4) is 11.5 Å². The Hall–Kier alpha value is -3.54. The first-order valence-corrected chi connectivity index (χ1v) is 11.9. The van der Waals surface area contributed by atoms with Gasteiger partial charge in [0.1, 0.15) is 17.2 Å². The van der Waals surface area contributed by atoms with Gasteiger partial charge in [0.2, 0.25) is 5.91 Å². The summed E-state index contributed by atoms with van der Waals surface area (Å²) in [6.07, 6.45) is 9.15. The van der Waals surface area contributed by atoms with Crippen LogP contribution < -0.4 is 14.8 Å². The predicted octanol–water partition coefficient (Wildman–Crippen LogP) is 5.06. The largest absolute Gasteiger partial charge is 0.497 e. The van der Waals surface area contributed by atoms with E-state index in [-0.39, 0.29) is 23.6 Å². The van der Waals surface area contributed by atoms with E-state index >= 15 is 0 Å². The van der Waals surface area contributed by atoms with Gasteiger partial charge in [-0.25, -0.2) is 0 Å². The number of carbonyl (C=O) groups is 2. The van der Waals surface area contributed by atoms with Gasteiger partial charge >= 0.3 is 0 Å². The molecule has 180 valence electrons. The summed E-state index contributed by atoms with van der Waals surface area (Å²) < 4.78 is 10.9. The number of carbonyl (C=O) groups excluding carboxylic acids is 2. The van der Waals surface area contributed by atoms with E-state index in [4.69, 9.17) is 9.47 Å². The van der Waals surface area contributed by atoms with Crippen molar-refractivity contribution in [1.82, 2.24) is 10.2 Å². The number of benzene rings is 2. The molecule has 3 rings (SSSR count). The molecule has 0 atom stereocenters. The lowest BCUT2D eigenvalue weighted by molar-refractivity contribution is -0.128. The molecule has 1 saturated heterocycles. The fourth-order valence-corrected chi connectivity index (χ4v) is 3.74. The van der Waals surface area contributed by atoms with Crippen molar-refractivity contribution in [2.75, 3.05) is 20.2 Å². The third-order valence-corrected chi connectivity index (χ3v) is 5.49. The highest BCUT2D eigenvalue weighted by Gasteiger charge is 2.20. The van der Waals surface area contributed by atoms with Gasteiger partial charge in [-0.1, -0.05) is 37.1 Å². The maximum Gasteiger partial charge on any atom is 0.270 e. The number of nitrogens with one attached hydrogen (secondary N) is 1. The summed E-state index contributed by atoms with van der Waals surface area (Å²) in [5.41, 5.74) is 1.94. The monoisotopic (exact) mass is 462 g/mol. The standard InChI is InChI=1S/C28H34N2O4/c1-21(2)34-25-15-10-23(11-16-25)20-26(28(32)30-18-6-4-5-7-19-30)29-27(31)17-12-22-8-13-24(33-3)14-9-22/h8-17,20-21H,4-7,18-19H2,1-3H3,(H,29,31)/b17-12+,26-20-. The summed E-state index contributed by atoms with van der Waals surface area (Å²) in [5, 5.41) is 2.81. The van der Waals surface area contributed by atoms with Gasteiger partial charge in [-0.3, -0.25) is 9.59 Å². The molecule has 2 aromatic rings. The number of ether oxygens (including phenoxy) is 2. The minimum absolute atomic E-state index is 0.0818. The molecule has 0 unspecified atom stereocenters. The number of hydrogen-bond acceptors (Lipinski definition) is 4. The third-order valence-electron chi connectivity index (χ3n) is 5.49. The molecular weight excluding hydrogens is 428 g/mol. The lowest BCUT2D eigenvalue weighted by Gasteiger charge is -2.22. The summed E-state index contributed by atoms with van der Waals surface area (Å²) in [7, 11) is 1.61. The van der Waals surface area contributed by atoms with Crippen LogP contribution in [0, 0.1) is 0 Å². The highest BCUT2D eigenvalue weighted by molar-refractivity contribution is 6.04. The SMILES string of the molecule is COc1ccc(/C=C/C(=O)N/C(=C\c2ccc(OC(C)C)cc2)C(=O)N2CCCCCC2)cc1. The van der Waals surface area contributed by atoms with Crippen LogP contribution in [0.4, 0.5) is 0 Å². The molecule has 0 aliphatic carbocycles. The Morgan fingerprint density at radius 1 is 0.882 bits per heavy atom. The number of methoxy groups -OCH3 is 1. The Morgan fingerprint density at radius 3 is 2.06 bits per heavy atom. The minimum Gasteiger partial charge on any atom is -0.497 e. The smallest absolute Gasteiger partial charge is 0.270 e. The summed E-state index contributed by atoms with van der Waals surface area (Å²) in [6, 6.07) is 14.9. The van der Waals surface area contributed by atoms with Gasteiger partial charge in [-0.15, -0.1) is 0 Å². The number of nitrogens with zero attached hydrogens (tertiary/aromatic N) is 1. The molecule has 34 heavy (non-hydrogen) atoms. The first kappa shape index (κ1) is 25.1. The topological polar surface area (TPSA) is 67.9 Å². The quantitative estimate of drug-likeness (QED) is 0.557. The van der Waals surface area contributed by atoms with Crippen LogP contribution in [0.25, 0.3) is 12.2 Å². The van der Waals surface area contributed by atoms with E-state index in [1.165, 1.54) is 6.08 Å². The Morgan fingerprint density at radius 2 is 1.47 bits per heavy atom. The zero-order valence-corrected chi connectivity index (χ0v) is 20.3. The first-order valence-electron chi connectivity index (χ1n) is 11.9. The number of likely N-dealkylation sites (tertiary alicyclic amines) is 1. The van der Waals surface area contributed by atoms with Crippen molar-refractivity contribution >= 4 is 24.0 Å². The van der Waals surface area contributed by atoms with E-state index < -0.39 is 0 Å². The van der Waals surface area contributed by atoms with Gasteiger partial charge in [0.15, 0.2) is 0 Å². The van der Waals surface area contributed by atoms with Crippen molar-refractivity contribution in [2.24, 2.45) is 0 Å². The van der Waals surface area contributed by atoms with Crippen LogP contribution in [0.1, 0.15) is 50.7 Å². The van der Waals surface area contributed by atoms with Gasteiger partial charge in [0, 0.05) is 19.2 Å². The van der Waals surface area contributed by atoms with Gasteiger partial charge in [-0.05, 0) is 74.2 Å². The van der Waals surface area contributed by atoms with Crippen LogP contribution in [0.15, 0.2) is 60.3 Å². The van der Waals surface area contributed by atoms with Gasteiger partial charge < -0.3 is 19.7 Å². The lowest BCUT2D eigenvalue weighted by atomic mass is 10.1. The van der Waals surface area contributed by atoms with E-state index in [0.717, 1.165) is 48.3 Å². The average Bonchev–Trinajstić information content (AvgIpc) is 3.13. The highest BCUT2D eigenvalue weighted by Crippen LogP contribution is 2.18. The van der Waals surface area contributed by atoms with Crippen molar-refractivity contribution in [2.45, 2.75) is 45.6 Å². The van der Waals surface area contributed by atoms with Crippen LogP contribution in [0.5, 0.6) is 11.5 Å². The van der Waals surface area contributed by atoms with Gasteiger partial charge in [-0.2, -0.15) is 0 Å². The zero-order valence-electron chi connectivity index (χ0n) is 20.3. The molecule has 2 aromatic carbocycles. The third kappa shape index (κ3) is 7.80. The molecule has 1 aliphatic rings. The van der Waals surface area contributed by atoms with Gasteiger partial charge in [0.25, 0.3) is 5.91 Å². The number of hydrogen-bond donors (Lipinski definition) is 1. The maximum absolute atomic E-state index is 13.3. The minimum atomic E-state index is -0.356. The van der Waals surface area contributed by atoms with E-state index in [9.17, 15) is 9.59 Å². The van der Waals surface area contributed by atoms with Crippen molar-refractivity contribution < 1.29 is 19.1 Å². The van der Waals surface area contributed by atoms with Crippen molar-refractivity contribution in [1.29, 1.82) is 0 Å². The molecule has 1 fully saturated rings. The molecule has 6 nitrogen and oxygen atoms in total. The molecule has 6 heteroatoms. The predicted molar refractivity (Wildman–Crippen MR) is 135 cm³/mol. The fraction of sp³-hybridized carbons (Fsp3) is 0.357. The Balaban J connectivity index is 1.78. The highest BCUT2D eigenvalue weighted by atomic mass is 16.5. The second kappa shape index (κ2) is 12.6. The van der Waals surface area contributed by atoms with E-state index in [0.29, 0.717) is 13.1 Å². The molecule has 2 amide bonds. The first-order chi connectivity index (χ1) is 16.4. The van der Waals surface area contributed by atoms with Crippen LogP contribution in [-0.2, 0) is 9.59 Å². The summed E-state index contributed by atoms with van der Waals surface area (Å²) >= 11 is 0. The van der Waals surface area contributed by atoms with E-state index in [1.807, 2.05) is 67.3 Å². The Kier molecular flexibility index (Phi) is 9.32. The molecule has 0 spiro atoms. The van der Waals surface area contributed by atoms with Gasteiger partial charge in [0.05, 0.1) is 13.2 Å². The van der Waals surface area contributed by atoms with Crippen LogP contribution >= 0.6 is 0 Å². The average molecular weight is 463 g/mol.